The number of epoxide rings is 1. The van der Waals surface area contributed by atoms with Gasteiger partial charge in [-0.3, -0.25) is 38.9 Å². The number of ether oxygens (including phenoxy) is 9. The molecule has 3 aromatic rings. The van der Waals surface area contributed by atoms with Crippen LogP contribution in [0.3, 0.4) is 0 Å². The van der Waals surface area contributed by atoms with Crippen LogP contribution in [-0.4, -0.2) is 232 Å². The lowest BCUT2D eigenvalue weighted by Gasteiger charge is -2.42. The minimum atomic E-state index is -3.87. The number of fused-ring (bicyclic) bond motifs is 5. The molecule has 1 unspecified atom stereocenters. The number of rotatable bonds is 40. The highest BCUT2D eigenvalue weighted by Crippen LogP contribution is 2.49. The lowest BCUT2D eigenvalue weighted by Crippen LogP contribution is -2.63. The van der Waals surface area contributed by atoms with E-state index in [0.29, 0.717) is 48.4 Å². The number of methoxy groups -OCH3 is 4. The van der Waals surface area contributed by atoms with Crippen molar-refractivity contribution < 1.29 is 113 Å². The summed E-state index contributed by atoms with van der Waals surface area (Å²) in [6.45, 7) is 12.0. The summed E-state index contributed by atoms with van der Waals surface area (Å²) in [5.41, 5.74) is 0.112. The number of hydrogen-bond donors (Lipinski definition) is 5. The number of sulfone groups is 2. The van der Waals surface area contributed by atoms with E-state index >= 15 is 0 Å². The zero-order valence-corrected chi connectivity index (χ0v) is 67.9. The Morgan fingerprint density at radius 1 is 0.829 bits per heavy atom. The van der Waals surface area contributed by atoms with Gasteiger partial charge in [0.15, 0.2) is 42.7 Å². The third-order valence-electron chi connectivity index (χ3n) is 19.9. The van der Waals surface area contributed by atoms with Crippen molar-refractivity contribution >= 4 is 102 Å². The zero-order valence-electron chi connectivity index (χ0n) is 65.6. The van der Waals surface area contributed by atoms with Gasteiger partial charge in [0.25, 0.3) is 0 Å². The molecule has 2 saturated heterocycles. The molecule has 3 aromatic carbocycles. The van der Waals surface area contributed by atoms with E-state index in [4.69, 9.17) is 54.2 Å². The van der Waals surface area contributed by atoms with Crippen LogP contribution in [0.5, 0.6) is 5.75 Å². The highest BCUT2D eigenvalue weighted by Gasteiger charge is 2.64. The van der Waals surface area contributed by atoms with Crippen LogP contribution in [0.15, 0.2) is 84.5 Å². The normalized spacial score (nSPS) is 21.7. The van der Waals surface area contributed by atoms with Gasteiger partial charge < -0.3 is 73.5 Å². The number of carbonyl (C=O) groups is 10. The molecule has 10 atom stereocenters. The number of allylic oxidation sites excluding steroid dienone is 3. The van der Waals surface area contributed by atoms with Gasteiger partial charge in [0.1, 0.15) is 47.3 Å². The van der Waals surface area contributed by atoms with Gasteiger partial charge in [0, 0.05) is 109 Å². The Morgan fingerprint density at radius 3 is 2.10 bits per heavy atom. The van der Waals surface area contributed by atoms with Crippen molar-refractivity contribution in [2.75, 3.05) is 109 Å². The molecule has 0 spiro atoms. The molecule has 111 heavy (non-hydrogen) atoms. The topological polar surface area (TPSA) is 400 Å². The minimum Gasteiger partial charge on any atom is -0.495 e. The molecule has 0 radical (unpaired) electrons. The number of halogens is 1. The van der Waals surface area contributed by atoms with Crippen LogP contribution in [0.4, 0.5) is 21.0 Å². The van der Waals surface area contributed by atoms with Crippen LogP contribution in [-0.2, 0) is 99.4 Å². The number of carbonyl (C=O) groups excluding carboxylic acids is 10. The number of esters is 1. The van der Waals surface area contributed by atoms with Crippen molar-refractivity contribution in [2.24, 2.45) is 23.7 Å². The van der Waals surface area contributed by atoms with Gasteiger partial charge in [-0.05, 0) is 87.8 Å². The molecular formula is C78H109ClN6O24S2. The summed E-state index contributed by atoms with van der Waals surface area (Å²) in [7, 11) is 0.784. The Balaban J connectivity index is 0.887. The van der Waals surface area contributed by atoms with E-state index in [-0.39, 0.29) is 118 Å². The fourth-order valence-corrected chi connectivity index (χ4v) is 16.3. The predicted molar refractivity (Wildman–Crippen MR) is 413 cm³/mol. The second-order valence-electron chi connectivity index (χ2n) is 29.0. The number of anilines is 2. The Labute approximate surface area is 655 Å². The molecule has 6 amide bonds. The summed E-state index contributed by atoms with van der Waals surface area (Å²) in [6.07, 6.45) is 1.17. The maximum absolute atomic E-state index is 14.4. The van der Waals surface area contributed by atoms with Crippen LogP contribution in [0.2, 0.25) is 5.02 Å². The van der Waals surface area contributed by atoms with E-state index in [1.54, 1.807) is 90.2 Å². The first-order chi connectivity index (χ1) is 52.4. The molecule has 0 aromatic heterocycles. The third-order valence-corrected chi connectivity index (χ3v) is 23.7. The van der Waals surface area contributed by atoms with Gasteiger partial charge in [0.05, 0.1) is 80.1 Å². The van der Waals surface area contributed by atoms with Gasteiger partial charge in [-0.25, -0.2) is 31.2 Å². The van der Waals surface area contributed by atoms with Crippen molar-refractivity contribution in [3.8, 4) is 5.75 Å². The Bertz CT molecular complexity index is 4010. The number of Topliss-reactive ketones (excluding diaryl/α,β-unsaturated/α-hetero) is 3. The highest BCUT2D eigenvalue weighted by molar-refractivity contribution is 7.92. The summed E-state index contributed by atoms with van der Waals surface area (Å²) in [5, 5.41) is 22.8. The van der Waals surface area contributed by atoms with Gasteiger partial charge in [-0.2, -0.15) is 0 Å². The molecule has 3 aliphatic rings. The summed E-state index contributed by atoms with van der Waals surface area (Å²) >= 11 is 6.84. The molecule has 3 heterocycles. The van der Waals surface area contributed by atoms with E-state index in [2.05, 4.69) is 21.3 Å². The number of aliphatic hydroxyl groups is 1. The maximum atomic E-state index is 14.4. The van der Waals surface area contributed by atoms with Crippen LogP contribution in [0.1, 0.15) is 145 Å². The van der Waals surface area contributed by atoms with E-state index in [0.717, 1.165) is 11.1 Å². The van der Waals surface area contributed by atoms with Crippen LogP contribution < -0.4 is 30.9 Å². The van der Waals surface area contributed by atoms with Crippen LogP contribution in [0.25, 0.3) is 0 Å². The molecule has 6 rings (SSSR count). The third kappa shape index (κ3) is 27.6. The van der Waals surface area contributed by atoms with Gasteiger partial charge >= 0.3 is 18.2 Å². The van der Waals surface area contributed by atoms with Gasteiger partial charge in [-0.1, -0.05) is 106 Å². The van der Waals surface area contributed by atoms with E-state index in [1.165, 1.54) is 76.5 Å². The summed E-state index contributed by atoms with van der Waals surface area (Å²) in [5.74, 6) is -8.88. The van der Waals surface area contributed by atoms with Crippen LogP contribution in [0, 0.1) is 23.7 Å². The molecule has 33 heteroatoms. The Kier molecular flexibility index (Phi) is 35.2. The van der Waals surface area contributed by atoms with E-state index < -0.39 is 156 Å². The number of unbranched alkanes of at least 4 members (excludes halogenated alkanes) is 2. The fourth-order valence-electron chi connectivity index (χ4n) is 12.9. The van der Waals surface area contributed by atoms with Crippen LogP contribution >= 0.6 is 11.6 Å². The first kappa shape index (κ1) is 91.7. The average Bonchev–Trinajstić information content (AvgIpc) is 1.57. The van der Waals surface area contributed by atoms with Crippen molar-refractivity contribution in [1.29, 1.82) is 0 Å². The molecule has 5 N–H and O–H groups in total. The first-order valence-electron chi connectivity index (χ1n) is 37.0. The number of benzene rings is 3. The molecule has 4 bridgehead atoms. The lowest BCUT2D eigenvalue weighted by atomic mass is 9.83. The molecule has 30 nitrogen and oxygen atoms in total. The quantitative estimate of drug-likeness (QED) is 0.0120. The number of hydrogen-bond acceptors (Lipinski definition) is 24. The van der Waals surface area contributed by atoms with E-state index in [9.17, 15) is 69.9 Å². The Hall–Kier alpha value is -8.21. The zero-order chi connectivity index (χ0) is 82.1. The first-order valence-corrected chi connectivity index (χ1v) is 41.0. The van der Waals surface area contributed by atoms with Crippen molar-refractivity contribution in [3.05, 3.63) is 112 Å². The largest absolute Gasteiger partial charge is 0.495 e. The summed E-state index contributed by atoms with van der Waals surface area (Å²) < 4.78 is 101. The van der Waals surface area contributed by atoms with Crippen molar-refractivity contribution in [3.63, 3.8) is 0 Å². The second-order valence-corrected chi connectivity index (χ2v) is 33.8. The smallest absolute Gasteiger partial charge is 0.409 e. The predicted octanol–water partition coefficient (Wildman–Crippen LogP) is 7.67. The molecule has 0 saturated carbocycles. The molecular weight excluding hydrogens is 1500 g/mol. The number of nitrogens with zero attached hydrogens (tertiary/aromatic N) is 2. The SMILES string of the molecule is COCCS(=O)(=O)CC(CS(=O)(=O)CCOC)C(=O)c1ccc(C(=O)CCCOCCC(=O)N[C@H](C(=O)C[C@@H](C)C(=O)Nc2ccc(COC(=O)NCCCCCC(=O)N(C)[C@@H](C)C(=O)O[C@H]3CC(=O)N(C)c4cc(cc(OC)c4Cl)C/C(C)=C/C=C/[C@@H](OC)[C@@]4(O)CC(OC(=O)N4)[C@@H](C)[C@@H]4O[C@@]34C)cc2)C(C)C)cc1. The molecule has 0 aliphatic carbocycles. The maximum Gasteiger partial charge on any atom is 0.409 e. The standard InChI is InChI=1S/C78H109ClN6O24S2/c1-48(2)70(82-66(88)31-34-105-33-18-20-60(86)55-25-27-56(28-26-55)71(91)57(46-110(97,98)37-35-101-10)47-111(99,100)38-36-102-11)61(87)40-50(4)73(92)81-58-29-23-53(24-30-58)45-106-75(94)80-32-16-14-15-22-67(89)84(8)52(6)74(93)108-65-43-68(90)85(9)59-41-54(42-62(103-12)69(59)79)39-49(3)19-17-21-64(104-13)78(96)44-63(107-76(95)83-78)51(5)72-77(65,7)109-72/h17,19,21,23-30,41-42,48,50-52,57,63-65,70,72,96H,14-16,18,20,22,31-40,43-47H2,1-13H3,(H,80,94)(H,81,92)(H,82,88)(H,83,95)/b21-17+,49-19+/t50-,51-,52+,63?,64-,65+,70+,72+,77+,78+/m1/s1. The average molecular weight is 1610 g/mol. The number of nitrogens with one attached hydrogen (secondary N) is 4. The highest BCUT2D eigenvalue weighted by atomic mass is 35.5. The number of likely N-dealkylation sites (N-methyl/N-ethyl adjacent to an activating group) is 1. The molecule has 3 aliphatic heterocycles. The number of amides is 6. The molecule has 2 fully saturated rings. The summed E-state index contributed by atoms with van der Waals surface area (Å²) in [4.78, 5) is 137. The van der Waals surface area contributed by atoms with Gasteiger partial charge in [0.2, 0.25) is 23.6 Å². The monoisotopic (exact) mass is 1610 g/mol. The van der Waals surface area contributed by atoms with Gasteiger partial charge in [-0.15, -0.1) is 0 Å². The van der Waals surface area contributed by atoms with Crippen molar-refractivity contribution in [2.45, 2.75) is 174 Å². The lowest BCUT2D eigenvalue weighted by molar-refractivity contribution is -0.162. The Morgan fingerprint density at radius 2 is 1.48 bits per heavy atom. The fraction of sp³-hybridized carbons (Fsp3) is 0.590. The number of ketones is 3. The minimum absolute atomic E-state index is 0.0102. The second kappa shape index (κ2) is 42.6. The summed E-state index contributed by atoms with van der Waals surface area (Å²) in [6, 6.07) is 13.6. The molecule has 614 valence electrons. The van der Waals surface area contributed by atoms with E-state index in [1.807, 2.05) is 13.0 Å². The van der Waals surface area contributed by atoms with Crippen molar-refractivity contribution in [1.82, 2.24) is 20.9 Å². The number of alkyl carbamates (subject to hydrolysis) is 2.